The van der Waals surface area contributed by atoms with Gasteiger partial charge in [-0.15, -0.1) is 0 Å². The first-order valence-electron chi connectivity index (χ1n) is 14.2. The maximum absolute atomic E-state index is 13.9. The van der Waals surface area contributed by atoms with Gasteiger partial charge >= 0.3 is 0 Å². The number of aromatic nitrogens is 1. The molecule has 43 heavy (non-hydrogen) atoms. The van der Waals surface area contributed by atoms with Crippen LogP contribution in [-0.4, -0.2) is 25.5 Å². The average Bonchev–Trinajstić information content (AvgIpc) is 3.32. The maximum atomic E-state index is 13.9. The van der Waals surface area contributed by atoms with Crippen LogP contribution in [0.1, 0.15) is 48.6 Å². The number of aryl methyl sites for hydroxylation is 1. The van der Waals surface area contributed by atoms with E-state index in [0.29, 0.717) is 28.8 Å². The second kappa shape index (κ2) is 12.7. The Balaban J connectivity index is 1.43. The van der Waals surface area contributed by atoms with Crippen LogP contribution >= 0.6 is 0 Å². The van der Waals surface area contributed by atoms with Gasteiger partial charge in [0.2, 0.25) is 11.8 Å². The molecule has 0 saturated carbocycles. The highest BCUT2D eigenvalue weighted by Crippen LogP contribution is 2.33. The molecule has 7 nitrogen and oxygen atoms in total. The Kier molecular flexibility index (Phi) is 8.78. The number of hydrogen-bond donors (Lipinski definition) is 1. The maximum Gasteiger partial charge on any atom is 0.264 e. The smallest absolute Gasteiger partial charge is 0.264 e. The molecule has 1 heterocycles. The van der Waals surface area contributed by atoms with Crippen LogP contribution in [0, 0.1) is 13.8 Å². The van der Waals surface area contributed by atoms with Gasteiger partial charge in [-0.25, -0.2) is 13.1 Å². The van der Waals surface area contributed by atoms with Crippen LogP contribution in [0.15, 0.2) is 119 Å². The fourth-order valence-electron chi connectivity index (χ4n) is 5.23. The zero-order valence-electron chi connectivity index (χ0n) is 24.7. The number of benzene rings is 4. The molecule has 0 spiro atoms. The molecule has 5 aromatic rings. The highest BCUT2D eigenvalue weighted by atomic mass is 32.2. The molecule has 0 unspecified atom stereocenters. The van der Waals surface area contributed by atoms with Crippen molar-refractivity contribution in [3.05, 3.63) is 132 Å². The van der Waals surface area contributed by atoms with Gasteiger partial charge in [0.1, 0.15) is 0 Å². The standard InChI is InChI=1S/C35H35N3O4S/c1-24(2)38(34(39)23-32(27-13-7-5-8-14-27)28-15-9-6-10-16-28)30-21-19-29(20-22-30)31-17-11-12-18-33(31)43(40,41)37-35-25(3)26(4)36-42-35/h5-22,24,32,37H,23H2,1-4H3. The van der Waals surface area contributed by atoms with Crippen molar-refractivity contribution in [1.82, 2.24) is 5.16 Å². The van der Waals surface area contributed by atoms with Crippen molar-refractivity contribution in [3.8, 4) is 11.1 Å². The van der Waals surface area contributed by atoms with Gasteiger partial charge in [-0.3, -0.25) is 4.79 Å². The molecule has 1 N–H and O–H groups in total. The Morgan fingerprint density at radius 3 is 1.91 bits per heavy atom. The van der Waals surface area contributed by atoms with Crippen molar-refractivity contribution in [2.24, 2.45) is 0 Å². The molecule has 0 aliphatic heterocycles. The van der Waals surface area contributed by atoms with Crippen molar-refractivity contribution >= 4 is 27.5 Å². The van der Waals surface area contributed by atoms with Gasteiger partial charge < -0.3 is 9.42 Å². The zero-order chi connectivity index (χ0) is 30.6. The highest BCUT2D eigenvalue weighted by molar-refractivity contribution is 7.92. The summed E-state index contributed by atoms with van der Waals surface area (Å²) in [5, 5.41) is 3.85. The number of rotatable bonds is 10. The van der Waals surface area contributed by atoms with Gasteiger partial charge in [0.05, 0.1) is 10.6 Å². The molecule has 1 aromatic heterocycles. The van der Waals surface area contributed by atoms with E-state index in [9.17, 15) is 13.2 Å². The van der Waals surface area contributed by atoms with E-state index in [1.165, 1.54) is 0 Å². The van der Waals surface area contributed by atoms with Gasteiger partial charge in [0.25, 0.3) is 10.0 Å². The Bertz CT molecular complexity index is 1760. The number of sulfonamides is 1. The normalized spacial score (nSPS) is 11.6. The molecule has 5 rings (SSSR count). The molecule has 0 radical (unpaired) electrons. The van der Waals surface area contributed by atoms with Crippen molar-refractivity contribution in [2.75, 3.05) is 9.62 Å². The van der Waals surface area contributed by atoms with Crippen LogP contribution in [0.5, 0.6) is 0 Å². The SMILES string of the molecule is Cc1noc(NS(=O)(=O)c2ccccc2-c2ccc(N(C(=O)CC(c3ccccc3)c3ccccc3)C(C)C)cc2)c1C. The van der Waals surface area contributed by atoms with E-state index < -0.39 is 10.0 Å². The van der Waals surface area contributed by atoms with Crippen LogP contribution in [0.3, 0.4) is 0 Å². The molecule has 220 valence electrons. The summed E-state index contributed by atoms with van der Waals surface area (Å²) in [4.78, 5) is 15.8. The summed E-state index contributed by atoms with van der Waals surface area (Å²) in [6, 6.07) is 34.3. The minimum atomic E-state index is -3.97. The van der Waals surface area contributed by atoms with Gasteiger partial charge in [-0.1, -0.05) is 96.2 Å². The molecular formula is C35H35N3O4S. The fraction of sp³-hybridized carbons (Fsp3) is 0.200. The van der Waals surface area contributed by atoms with Crippen molar-refractivity contribution in [1.29, 1.82) is 0 Å². The quantitative estimate of drug-likeness (QED) is 0.179. The minimum absolute atomic E-state index is 0.00496. The summed E-state index contributed by atoms with van der Waals surface area (Å²) in [6.45, 7) is 7.48. The third-order valence-electron chi connectivity index (χ3n) is 7.58. The molecule has 0 bridgehead atoms. The summed E-state index contributed by atoms with van der Waals surface area (Å²) in [7, 11) is -3.97. The van der Waals surface area contributed by atoms with E-state index in [4.69, 9.17) is 4.52 Å². The lowest BCUT2D eigenvalue weighted by atomic mass is 9.88. The third-order valence-corrected chi connectivity index (χ3v) is 8.97. The van der Waals surface area contributed by atoms with Crippen molar-refractivity contribution in [2.45, 2.75) is 51.0 Å². The van der Waals surface area contributed by atoms with E-state index in [-0.39, 0.29) is 28.6 Å². The zero-order valence-corrected chi connectivity index (χ0v) is 25.5. The van der Waals surface area contributed by atoms with E-state index in [0.717, 1.165) is 16.8 Å². The minimum Gasteiger partial charge on any atom is -0.337 e. The molecule has 0 saturated heterocycles. The Hall–Kier alpha value is -4.69. The van der Waals surface area contributed by atoms with Gasteiger partial charge in [0, 0.05) is 35.2 Å². The van der Waals surface area contributed by atoms with Crippen LogP contribution in [-0.2, 0) is 14.8 Å². The number of carbonyl (C=O) groups excluding carboxylic acids is 1. The second-order valence-electron chi connectivity index (χ2n) is 10.8. The van der Waals surface area contributed by atoms with E-state index in [1.54, 1.807) is 38.1 Å². The largest absolute Gasteiger partial charge is 0.337 e. The van der Waals surface area contributed by atoms with Crippen LogP contribution in [0.2, 0.25) is 0 Å². The molecule has 0 atom stereocenters. The Morgan fingerprint density at radius 2 is 1.37 bits per heavy atom. The third kappa shape index (κ3) is 6.54. The number of nitrogens with zero attached hydrogens (tertiary/aromatic N) is 2. The predicted octanol–water partition coefficient (Wildman–Crippen LogP) is 7.72. The van der Waals surface area contributed by atoms with E-state index in [1.807, 2.05) is 79.4 Å². The lowest BCUT2D eigenvalue weighted by Gasteiger charge is -2.29. The fourth-order valence-corrected chi connectivity index (χ4v) is 6.51. The topological polar surface area (TPSA) is 92.5 Å². The van der Waals surface area contributed by atoms with Crippen molar-refractivity contribution in [3.63, 3.8) is 0 Å². The summed E-state index contributed by atoms with van der Waals surface area (Å²) < 4.78 is 34.5. The predicted molar refractivity (Wildman–Crippen MR) is 171 cm³/mol. The lowest BCUT2D eigenvalue weighted by Crippen LogP contribution is -2.37. The van der Waals surface area contributed by atoms with Gasteiger partial charge in [-0.05, 0) is 62.6 Å². The second-order valence-corrected chi connectivity index (χ2v) is 12.5. The first-order chi connectivity index (χ1) is 20.7. The average molecular weight is 594 g/mol. The molecule has 1 amide bonds. The molecule has 8 heteroatoms. The molecular weight excluding hydrogens is 558 g/mol. The summed E-state index contributed by atoms with van der Waals surface area (Å²) in [5.41, 5.74) is 5.40. The lowest BCUT2D eigenvalue weighted by molar-refractivity contribution is -0.119. The number of amides is 1. The number of anilines is 2. The van der Waals surface area contributed by atoms with Crippen molar-refractivity contribution < 1.29 is 17.7 Å². The molecule has 0 fully saturated rings. The summed E-state index contributed by atoms with van der Waals surface area (Å²) >= 11 is 0. The summed E-state index contributed by atoms with van der Waals surface area (Å²) in [6.07, 6.45) is 0.307. The number of nitrogens with one attached hydrogen (secondary N) is 1. The number of hydrogen-bond acceptors (Lipinski definition) is 5. The molecule has 0 aliphatic carbocycles. The first kappa shape index (κ1) is 29.8. The van der Waals surface area contributed by atoms with Crippen LogP contribution < -0.4 is 9.62 Å². The molecule has 0 aliphatic rings. The van der Waals surface area contributed by atoms with Crippen LogP contribution in [0.25, 0.3) is 11.1 Å². The monoisotopic (exact) mass is 593 g/mol. The van der Waals surface area contributed by atoms with Gasteiger partial charge in [0.15, 0.2) is 0 Å². The highest BCUT2D eigenvalue weighted by Gasteiger charge is 2.26. The molecule has 4 aromatic carbocycles. The summed E-state index contributed by atoms with van der Waals surface area (Å²) in [5.74, 6) is 0.0141. The number of carbonyl (C=O) groups is 1. The van der Waals surface area contributed by atoms with Gasteiger partial charge in [-0.2, -0.15) is 0 Å². The first-order valence-corrected chi connectivity index (χ1v) is 15.7. The van der Waals surface area contributed by atoms with E-state index >= 15 is 0 Å². The van der Waals surface area contributed by atoms with E-state index in [2.05, 4.69) is 34.1 Å². The Labute approximate surface area is 253 Å². The Morgan fingerprint density at radius 1 is 0.814 bits per heavy atom. The van der Waals surface area contributed by atoms with Crippen LogP contribution in [0.4, 0.5) is 11.6 Å².